The molecule has 0 spiro atoms. The zero-order valence-corrected chi connectivity index (χ0v) is 11.4. The van der Waals surface area contributed by atoms with Gasteiger partial charge in [-0.1, -0.05) is 18.2 Å². The second kappa shape index (κ2) is 4.61. The third-order valence-corrected chi connectivity index (χ3v) is 3.25. The maximum absolute atomic E-state index is 11.6. The smallest absolute Gasteiger partial charge is 0.236 e. The van der Waals surface area contributed by atoms with Crippen molar-refractivity contribution in [2.24, 2.45) is 0 Å². The van der Waals surface area contributed by atoms with E-state index in [1.165, 1.54) is 0 Å². The number of hydrogen-bond donors (Lipinski definition) is 1. The number of para-hydroxylation sites is 1. The molecule has 2 rings (SSSR count). The molecule has 0 saturated heterocycles. The third-order valence-electron chi connectivity index (χ3n) is 3.25. The summed E-state index contributed by atoms with van der Waals surface area (Å²) < 4.78 is 5.91. The van der Waals surface area contributed by atoms with Crippen molar-refractivity contribution in [2.75, 3.05) is 20.6 Å². The van der Waals surface area contributed by atoms with E-state index < -0.39 is 0 Å². The molecule has 0 aromatic heterocycles. The van der Waals surface area contributed by atoms with Gasteiger partial charge in [-0.25, -0.2) is 0 Å². The van der Waals surface area contributed by atoms with Crippen molar-refractivity contribution in [1.82, 2.24) is 10.2 Å². The molecule has 0 saturated carbocycles. The van der Waals surface area contributed by atoms with E-state index in [9.17, 15) is 4.79 Å². The maximum atomic E-state index is 11.6. The van der Waals surface area contributed by atoms with Gasteiger partial charge in [0.25, 0.3) is 0 Å². The first kappa shape index (κ1) is 12.9. The molecule has 0 radical (unpaired) electrons. The fraction of sp³-hybridized carbons (Fsp3) is 0.500. The maximum Gasteiger partial charge on any atom is 0.236 e. The Labute approximate surface area is 108 Å². The number of fused-ring (bicyclic) bond motifs is 1. The second-order valence-corrected chi connectivity index (χ2v) is 5.35. The number of carbonyl (C=O) groups is 1. The van der Waals surface area contributed by atoms with Gasteiger partial charge in [0.1, 0.15) is 11.4 Å². The first-order valence-electron chi connectivity index (χ1n) is 6.13. The first-order chi connectivity index (χ1) is 8.42. The van der Waals surface area contributed by atoms with Gasteiger partial charge in [-0.2, -0.15) is 0 Å². The highest BCUT2D eigenvalue weighted by molar-refractivity contribution is 5.77. The monoisotopic (exact) mass is 248 g/mol. The van der Waals surface area contributed by atoms with Crippen LogP contribution in [0.25, 0.3) is 0 Å². The van der Waals surface area contributed by atoms with E-state index in [2.05, 4.69) is 5.32 Å². The van der Waals surface area contributed by atoms with Crippen molar-refractivity contribution in [3.05, 3.63) is 29.8 Å². The van der Waals surface area contributed by atoms with Gasteiger partial charge in [-0.15, -0.1) is 0 Å². The summed E-state index contributed by atoms with van der Waals surface area (Å²) in [6, 6.07) is 8.00. The molecule has 1 aromatic carbocycles. The van der Waals surface area contributed by atoms with Crippen LogP contribution in [0.1, 0.15) is 25.5 Å². The van der Waals surface area contributed by atoms with Gasteiger partial charge in [0, 0.05) is 19.7 Å². The molecule has 0 bridgehead atoms. The summed E-state index contributed by atoms with van der Waals surface area (Å²) in [4.78, 5) is 13.2. The summed E-state index contributed by atoms with van der Waals surface area (Å²) in [5.74, 6) is 0.965. The van der Waals surface area contributed by atoms with Gasteiger partial charge >= 0.3 is 0 Å². The van der Waals surface area contributed by atoms with Gasteiger partial charge in [-0.05, 0) is 19.9 Å². The minimum absolute atomic E-state index is 0.0394. The van der Waals surface area contributed by atoms with Crippen molar-refractivity contribution >= 4 is 5.91 Å². The molecule has 1 unspecified atom stereocenters. The molecule has 1 atom stereocenters. The first-order valence-corrected chi connectivity index (χ1v) is 6.13. The number of benzene rings is 1. The minimum atomic E-state index is -0.337. The normalized spacial score (nSPS) is 20.1. The molecular formula is C14H20N2O2. The zero-order chi connectivity index (χ0) is 13.3. The average Bonchev–Trinajstić information content (AvgIpc) is 2.55. The van der Waals surface area contributed by atoms with Crippen LogP contribution in [0.3, 0.4) is 0 Å². The topological polar surface area (TPSA) is 41.6 Å². The molecule has 18 heavy (non-hydrogen) atoms. The van der Waals surface area contributed by atoms with Crippen LogP contribution in [0, 0.1) is 0 Å². The summed E-state index contributed by atoms with van der Waals surface area (Å²) in [5, 5.41) is 3.29. The fourth-order valence-electron chi connectivity index (χ4n) is 2.23. The lowest BCUT2D eigenvalue weighted by Gasteiger charge is -2.27. The van der Waals surface area contributed by atoms with Crippen LogP contribution < -0.4 is 10.1 Å². The van der Waals surface area contributed by atoms with E-state index in [0.717, 1.165) is 11.3 Å². The van der Waals surface area contributed by atoms with Crippen LogP contribution in [-0.2, 0) is 4.79 Å². The van der Waals surface area contributed by atoms with Crippen LogP contribution >= 0.6 is 0 Å². The van der Waals surface area contributed by atoms with Crippen molar-refractivity contribution in [2.45, 2.75) is 25.5 Å². The van der Waals surface area contributed by atoms with Gasteiger partial charge in [0.2, 0.25) is 5.91 Å². The van der Waals surface area contributed by atoms with E-state index in [4.69, 9.17) is 4.74 Å². The van der Waals surface area contributed by atoms with Crippen LogP contribution in [0.15, 0.2) is 24.3 Å². The molecule has 1 aliphatic heterocycles. The Morgan fingerprint density at radius 3 is 2.72 bits per heavy atom. The van der Waals surface area contributed by atoms with Gasteiger partial charge in [-0.3, -0.25) is 10.1 Å². The van der Waals surface area contributed by atoms with Crippen molar-refractivity contribution < 1.29 is 9.53 Å². The number of carbonyl (C=O) groups excluding carboxylic acids is 1. The highest BCUT2D eigenvalue weighted by Gasteiger charge is 2.40. The van der Waals surface area contributed by atoms with Gasteiger partial charge < -0.3 is 9.64 Å². The molecule has 1 aromatic rings. The number of ether oxygens (including phenoxy) is 1. The lowest BCUT2D eigenvalue weighted by molar-refractivity contribution is -0.128. The summed E-state index contributed by atoms with van der Waals surface area (Å²) in [7, 11) is 3.52. The van der Waals surface area contributed by atoms with Crippen molar-refractivity contribution in [3.63, 3.8) is 0 Å². The minimum Gasteiger partial charge on any atom is -0.486 e. The molecule has 0 aliphatic carbocycles. The van der Waals surface area contributed by atoms with Crippen LogP contribution in [0.5, 0.6) is 5.75 Å². The van der Waals surface area contributed by atoms with Gasteiger partial charge in [0.05, 0.1) is 12.6 Å². The highest BCUT2D eigenvalue weighted by Crippen LogP contribution is 2.42. The molecule has 4 nitrogen and oxygen atoms in total. The Morgan fingerprint density at radius 2 is 2.06 bits per heavy atom. The van der Waals surface area contributed by atoms with Crippen LogP contribution in [0.4, 0.5) is 0 Å². The average molecular weight is 248 g/mol. The summed E-state index contributed by atoms with van der Waals surface area (Å²) >= 11 is 0. The number of likely N-dealkylation sites (N-methyl/N-ethyl adjacent to an activating group) is 1. The van der Waals surface area contributed by atoms with Crippen LogP contribution in [-0.4, -0.2) is 37.0 Å². The van der Waals surface area contributed by atoms with E-state index in [1.807, 2.05) is 38.1 Å². The lowest BCUT2D eigenvalue weighted by atomic mass is 9.94. The molecule has 1 aliphatic rings. The van der Waals surface area contributed by atoms with Gasteiger partial charge in [0.15, 0.2) is 0 Å². The van der Waals surface area contributed by atoms with E-state index in [0.29, 0.717) is 6.54 Å². The Hall–Kier alpha value is -1.55. The van der Waals surface area contributed by atoms with E-state index >= 15 is 0 Å². The number of rotatable bonds is 3. The number of hydrogen-bond acceptors (Lipinski definition) is 3. The zero-order valence-electron chi connectivity index (χ0n) is 11.4. The quantitative estimate of drug-likeness (QED) is 0.883. The Balaban J connectivity index is 2.14. The Bertz CT molecular complexity index is 455. The molecular weight excluding hydrogens is 228 g/mol. The summed E-state index contributed by atoms with van der Waals surface area (Å²) in [5.41, 5.74) is 0.782. The Kier molecular flexibility index (Phi) is 3.30. The van der Waals surface area contributed by atoms with E-state index in [-0.39, 0.29) is 17.6 Å². The highest BCUT2D eigenvalue weighted by atomic mass is 16.5. The SMILES string of the molecule is CN(C)C(=O)CNC1c2ccccc2OC1(C)C. The van der Waals surface area contributed by atoms with Crippen LogP contribution in [0.2, 0.25) is 0 Å². The molecule has 98 valence electrons. The fourth-order valence-corrected chi connectivity index (χ4v) is 2.23. The number of amides is 1. The standard InChI is InChI=1S/C14H20N2O2/c1-14(2)13(15-9-12(17)16(3)4)10-7-5-6-8-11(10)18-14/h5-8,13,15H,9H2,1-4H3. The number of nitrogens with one attached hydrogen (secondary N) is 1. The van der Waals surface area contributed by atoms with Crippen molar-refractivity contribution in [1.29, 1.82) is 0 Å². The molecule has 0 fully saturated rings. The largest absolute Gasteiger partial charge is 0.486 e. The third kappa shape index (κ3) is 2.34. The number of nitrogens with zero attached hydrogens (tertiary/aromatic N) is 1. The lowest BCUT2D eigenvalue weighted by Crippen LogP contribution is -2.43. The predicted molar refractivity (Wildman–Crippen MR) is 70.6 cm³/mol. The second-order valence-electron chi connectivity index (χ2n) is 5.35. The summed E-state index contributed by atoms with van der Waals surface area (Å²) in [6.07, 6.45) is 0. The summed E-state index contributed by atoms with van der Waals surface area (Å²) in [6.45, 7) is 4.38. The molecule has 4 heteroatoms. The predicted octanol–water partition coefficient (Wildman–Crippen LogP) is 1.58. The molecule has 1 amide bonds. The molecule has 1 N–H and O–H groups in total. The molecule has 1 heterocycles. The Morgan fingerprint density at radius 1 is 1.39 bits per heavy atom. The van der Waals surface area contributed by atoms with Crippen molar-refractivity contribution in [3.8, 4) is 5.75 Å². The van der Waals surface area contributed by atoms with E-state index in [1.54, 1.807) is 19.0 Å².